The Hall–Kier alpha value is -1.59. The van der Waals surface area contributed by atoms with E-state index in [1.807, 2.05) is 0 Å². The number of hydrogen-bond donors (Lipinski definition) is 0. The molecule has 0 unspecified atom stereocenters. The van der Waals surface area contributed by atoms with Crippen molar-refractivity contribution in [3.8, 4) is 0 Å². The molecule has 0 bridgehead atoms. The summed E-state index contributed by atoms with van der Waals surface area (Å²) in [5, 5.41) is 13.8. The highest BCUT2D eigenvalue weighted by Crippen LogP contribution is 2.23. The van der Waals surface area contributed by atoms with Crippen molar-refractivity contribution in [2.75, 3.05) is 6.54 Å². The standard InChI is InChI=1S/C8H7BrN4O2/c9-8-5-7(13(14)15)2-1-6(8)3-4-11-12-10/h1-2,5H,3-4H2. The molecule has 0 aliphatic rings. The van der Waals surface area contributed by atoms with Crippen LogP contribution in [0.25, 0.3) is 10.4 Å². The van der Waals surface area contributed by atoms with Crippen molar-refractivity contribution < 1.29 is 4.92 Å². The minimum absolute atomic E-state index is 0.0365. The number of benzene rings is 1. The molecule has 0 radical (unpaired) electrons. The van der Waals surface area contributed by atoms with Gasteiger partial charge in [-0.2, -0.15) is 0 Å². The number of nitrogens with zero attached hydrogens (tertiary/aromatic N) is 4. The smallest absolute Gasteiger partial charge is 0.258 e. The van der Waals surface area contributed by atoms with Crippen molar-refractivity contribution in [2.24, 2.45) is 5.11 Å². The van der Waals surface area contributed by atoms with Crippen molar-refractivity contribution >= 4 is 21.6 Å². The van der Waals surface area contributed by atoms with E-state index in [-0.39, 0.29) is 5.69 Å². The number of rotatable bonds is 4. The first-order chi connectivity index (χ1) is 7.15. The van der Waals surface area contributed by atoms with Gasteiger partial charge in [-0.3, -0.25) is 10.1 Å². The SMILES string of the molecule is [N-]=[N+]=NCCc1ccc([N+](=O)[O-])cc1Br. The first kappa shape index (κ1) is 11.5. The number of halogens is 1. The Morgan fingerprint density at radius 3 is 2.87 bits per heavy atom. The summed E-state index contributed by atoms with van der Waals surface area (Å²) < 4.78 is 0.657. The molecule has 6 nitrogen and oxygen atoms in total. The third-order valence-corrected chi connectivity index (χ3v) is 2.53. The van der Waals surface area contributed by atoms with Crippen LogP contribution in [0, 0.1) is 10.1 Å². The molecule has 0 fully saturated rings. The molecular weight excluding hydrogens is 264 g/mol. The van der Waals surface area contributed by atoms with Crippen LogP contribution in [0.3, 0.4) is 0 Å². The molecule has 0 atom stereocenters. The van der Waals surface area contributed by atoms with Gasteiger partial charge < -0.3 is 0 Å². The second kappa shape index (κ2) is 5.33. The van der Waals surface area contributed by atoms with Crippen LogP contribution >= 0.6 is 15.9 Å². The van der Waals surface area contributed by atoms with Crippen molar-refractivity contribution in [3.05, 3.63) is 48.8 Å². The van der Waals surface area contributed by atoms with E-state index in [9.17, 15) is 10.1 Å². The van der Waals surface area contributed by atoms with Gasteiger partial charge in [0.25, 0.3) is 5.69 Å². The van der Waals surface area contributed by atoms with E-state index in [1.165, 1.54) is 12.1 Å². The minimum Gasteiger partial charge on any atom is -0.258 e. The lowest BCUT2D eigenvalue weighted by Crippen LogP contribution is -1.93. The summed E-state index contributed by atoms with van der Waals surface area (Å²) in [5.41, 5.74) is 9.01. The lowest BCUT2D eigenvalue weighted by atomic mass is 10.1. The van der Waals surface area contributed by atoms with Gasteiger partial charge >= 0.3 is 0 Å². The van der Waals surface area contributed by atoms with Crippen LogP contribution in [-0.2, 0) is 6.42 Å². The average Bonchev–Trinajstić information content (AvgIpc) is 2.20. The molecule has 0 saturated carbocycles. The lowest BCUT2D eigenvalue weighted by Gasteiger charge is -2.01. The third-order valence-electron chi connectivity index (χ3n) is 1.79. The Morgan fingerprint density at radius 2 is 2.33 bits per heavy atom. The van der Waals surface area contributed by atoms with Crippen LogP contribution in [0.1, 0.15) is 5.56 Å². The van der Waals surface area contributed by atoms with E-state index >= 15 is 0 Å². The summed E-state index contributed by atoms with van der Waals surface area (Å²) in [6.45, 7) is 0.340. The van der Waals surface area contributed by atoms with Crippen LogP contribution in [-0.4, -0.2) is 11.5 Å². The van der Waals surface area contributed by atoms with Crippen molar-refractivity contribution in [3.63, 3.8) is 0 Å². The van der Waals surface area contributed by atoms with E-state index in [4.69, 9.17) is 5.53 Å². The fraction of sp³-hybridized carbons (Fsp3) is 0.250. The Morgan fingerprint density at radius 1 is 1.60 bits per heavy atom. The molecule has 0 heterocycles. The molecule has 0 aromatic heterocycles. The normalized spacial score (nSPS) is 9.40. The molecule has 0 spiro atoms. The zero-order valence-corrected chi connectivity index (χ0v) is 9.22. The molecule has 1 aromatic carbocycles. The van der Waals surface area contributed by atoms with Gasteiger partial charge in [0.15, 0.2) is 0 Å². The quantitative estimate of drug-likeness (QED) is 0.276. The molecule has 0 saturated heterocycles. The Labute approximate surface area is 93.8 Å². The topological polar surface area (TPSA) is 91.9 Å². The third kappa shape index (κ3) is 3.23. The lowest BCUT2D eigenvalue weighted by molar-refractivity contribution is -0.384. The number of nitro benzene ring substituents is 1. The minimum atomic E-state index is -0.456. The van der Waals surface area contributed by atoms with Crippen molar-refractivity contribution in [2.45, 2.75) is 6.42 Å². The number of nitro groups is 1. The van der Waals surface area contributed by atoms with Crippen LogP contribution in [0.2, 0.25) is 0 Å². The van der Waals surface area contributed by atoms with E-state index in [1.54, 1.807) is 6.07 Å². The van der Waals surface area contributed by atoms with Gasteiger partial charge in [0, 0.05) is 28.1 Å². The van der Waals surface area contributed by atoms with Crippen molar-refractivity contribution in [1.29, 1.82) is 0 Å². The molecule has 7 heteroatoms. The summed E-state index contributed by atoms with van der Waals surface area (Å²) in [7, 11) is 0. The number of hydrogen-bond acceptors (Lipinski definition) is 3. The second-order valence-corrected chi connectivity index (χ2v) is 3.59. The van der Waals surface area contributed by atoms with Gasteiger partial charge in [-0.1, -0.05) is 27.1 Å². The van der Waals surface area contributed by atoms with Crippen LogP contribution in [0.5, 0.6) is 0 Å². The zero-order chi connectivity index (χ0) is 11.3. The monoisotopic (exact) mass is 270 g/mol. The number of azide groups is 1. The summed E-state index contributed by atoms with van der Waals surface area (Å²) in [4.78, 5) is 12.6. The fourth-order valence-electron chi connectivity index (χ4n) is 1.07. The Balaban J connectivity index is 2.83. The highest BCUT2D eigenvalue weighted by atomic mass is 79.9. The van der Waals surface area contributed by atoms with Gasteiger partial charge in [0.1, 0.15) is 0 Å². The highest BCUT2D eigenvalue weighted by molar-refractivity contribution is 9.10. The van der Waals surface area contributed by atoms with E-state index in [0.717, 1.165) is 5.56 Å². The predicted octanol–water partition coefficient (Wildman–Crippen LogP) is 3.21. The van der Waals surface area contributed by atoms with E-state index in [0.29, 0.717) is 17.4 Å². The summed E-state index contributed by atoms with van der Waals surface area (Å²) >= 11 is 3.23. The molecule has 15 heavy (non-hydrogen) atoms. The number of non-ortho nitro benzene ring substituents is 1. The molecule has 0 amide bonds. The molecule has 1 rings (SSSR count). The molecule has 0 aliphatic carbocycles. The average molecular weight is 271 g/mol. The maximum Gasteiger partial charge on any atom is 0.270 e. The van der Waals surface area contributed by atoms with E-state index < -0.39 is 4.92 Å². The van der Waals surface area contributed by atoms with Gasteiger partial charge in [0.05, 0.1) is 4.92 Å². The van der Waals surface area contributed by atoms with Gasteiger partial charge in [-0.05, 0) is 17.5 Å². The van der Waals surface area contributed by atoms with E-state index in [2.05, 4.69) is 26.0 Å². The highest BCUT2D eigenvalue weighted by Gasteiger charge is 2.08. The molecule has 78 valence electrons. The summed E-state index contributed by atoms with van der Waals surface area (Å²) in [5.74, 6) is 0. The first-order valence-corrected chi connectivity index (χ1v) is 4.88. The first-order valence-electron chi connectivity index (χ1n) is 4.09. The predicted molar refractivity (Wildman–Crippen MR) is 58.5 cm³/mol. The van der Waals surface area contributed by atoms with Crippen molar-refractivity contribution in [1.82, 2.24) is 0 Å². The zero-order valence-electron chi connectivity index (χ0n) is 7.63. The van der Waals surface area contributed by atoms with Crippen LogP contribution in [0.4, 0.5) is 5.69 Å². The second-order valence-electron chi connectivity index (χ2n) is 2.74. The van der Waals surface area contributed by atoms with Gasteiger partial charge in [0.2, 0.25) is 0 Å². The largest absolute Gasteiger partial charge is 0.270 e. The maximum absolute atomic E-state index is 10.4. The Kier molecular flexibility index (Phi) is 4.08. The fourth-order valence-corrected chi connectivity index (χ4v) is 1.63. The molecule has 0 aliphatic heterocycles. The molecular formula is C8H7BrN4O2. The van der Waals surface area contributed by atoms with Gasteiger partial charge in [-0.25, -0.2) is 0 Å². The summed E-state index contributed by atoms with van der Waals surface area (Å²) in [6, 6.07) is 4.51. The van der Waals surface area contributed by atoms with Crippen LogP contribution < -0.4 is 0 Å². The maximum atomic E-state index is 10.4. The molecule has 1 aromatic rings. The van der Waals surface area contributed by atoms with Crippen LogP contribution in [0.15, 0.2) is 27.8 Å². The molecule has 0 N–H and O–H groups in total. The summed E-state index contributed by atoms with van der Waals surface area (Å²) in [6.07, 6.45) is 0.558. The van der Waals surface area contributed by atoms with Gasteiger partial charge in [-0.15, -0.1) is 0 Å². The Bertz CT molecular complexity index is 429.